The number of primary amides is 1. The minimum atomic E-state index is -0.504. The quantitative estimate of drug-likeness (QED) is 0.871. The number of fused-ring (bicyclic) bond motifs is 3. The topological polar surface area (TPSA) is 86.5 Å². The molecule has 0 radical (unpaired) electrons. The highest BCUT2D eigenvalue weighted by Gasteiger charge is 2.41. The molecule has 4 rings (SSSR count). The Labute approximate surface area is 146 Å². The summed E-state index contributed by atoms with van der Waals surface area (Å²) in [5, 5.41) is 5.21. The molecule has 1 unspecified atom stereocenters. The summed E-state index contributed by atoms with van der Waals surface area (Å²) in [6.45, 7) is 4.84. The van der Waals surface area contributed by atoms with Crippen molar-refractivity contribution in [3.05, 3.63) is 30.0 Å². The van der Waals surface area contributed by atoms with E-state index in [0.29, 0.717) is 29.2 Å². The van der Waals surface area contributed by atoms with Crippen LogP contribution in [0.1, 0.15) is 37.0 Å². The first-order valence-corrected chi connectivity index (χ1v) is 8.80. The number of ether oxygens (including phenoxy) is 2. The molecule has 0 spiro atoms. The van der Waals surface area contributed by atoms with Crippen LogP contribution in [-0.2, 0) is 0 Å². The molecule has 2 aliphatic rings. The van der Waals surface area contributed by atoms with Crippen molar-refractivity contribution in [2.24, 2.45) is 11.7 Å². The highest BCUT2D eigenvalue weighted by atomic mass is 16.5. The first kappa shape index (κ1) is 16.1. The largest absolute Gasteiger partial charge is 0.490 e. The summed E-state index contributed by atoms with van der Waals surface area (Å²) in [7, 11) is 0. The number of rotatable bonds is 5. The molecule has 1 saturated heterocycles. The summed E-state index contributed by atoms with van der Waals surface area (Å²) >= 11 is 0. The van der Waals surface area contributed by atoms with Gasteiger partial charge in [0.25, 0.3) is 5.91 Å². The number of benzene rings is 1. The second-order valence-corrected chi connectivity index (χ2v) is 7.21. The second kappa shape index (κ2) is 6.19. The van der Waals surface area contributed by atoms with E-state index in [2.05, 4.69) is 10.3 Å². The SMILES string of the molecule is CC(C)Oc1cc2c(OC3C[C@@H]4C[C@H]3CN4)nccc2cc1C(N)=O. The number of nitrogens with zero attached hydrogens (tertiary/aromatic N) is 1. The van der Waals surface area contributed by atoms with Crippen LogP contribution in [-0.4, -0.2) is 35.7 Å². The third-order valence-corrected chi connectivity index (χ3v) is 5.02. The first-order valence-electron chi connectivity index (χ1n) is 8.80. The Morgan fingerprint density at radius 3 is 2.84 bits per heavy atom. The normalized spacial score (nSPS) is 24.8. The lowest BCUT2D eigenvalue weighted by atomic mass is 10.1. The third kappa shape index (κ3) is 3.02. The molecule has 2 fully saturated rings. The van der Waals surface area contributed by atoms with E-state index >= 15 is 0 Å². The number of piperidine rings is 1. The summed E-state index contributed by atoms with van der Waals surface area (Å²) in [5.74, 6) is 1.11. The summed E-state index contributed by atoms with van der Waals surface area (Å²) in [6.07, 6.45) is 4.01. The first-order chi connectivity index (χ1) is 12.0. The van der Waals surface area contributed by atoms with Gasteiger partial charge in [0, 0.05) is 30.1 Å². The standard InChI is InChI=1S/C19H23N3O3/c1-10(2)24-17-8-14-11(6-15(17)18(20)23)3-4-21-19(14)25-16-7-13-5-12(16)9-22-13/h3-4,6,8,10,12-13,16,22H,5,7,9H2,1-2H3,(H2,20,23)/t12-,13-,16?/m0/s1. The number of nitrogens with one attached hydrogen (secondary N) is 1. The molecular formula is C19H23N3O3. The number of carbonyl (C=O) groups excluding carboxylic acids is 1. The third-order valence-electron chi connectivity index (χ3n) is 5.02. The number of aromatic nitrogens is 1. The highest BCUT2D eigenvalue weighted by Crippen LogP contribution is 2.37. The minimum absolute atomic E-state index is 0.0618. The van der Waals surface area contributed by atoms with E-state index in [1.54, 1.807) is 12.3 Å². The molecule has 2 aromatic rings. The predicted octanol–water partition coefficient (Wildman–Crippen LogP) is 2.25. The van der Waals surface area contributed by atoms with E-state index in [0.717, 1.165) is 23.7 Å². The molecule has 2 bridgehead atoms. The fourth-order valence-corrected chi connectivity index (χ4v) is 3.89. The minimum Gasteiger partial charge on any atom is -0.490 e. The van der Waals surface area contributed by atoms with E-state index in [4.69, 9.17) is 15.2 Å². The molecule has 1 aromatic heterocycles. The molecule has 1 aromatic carbocycles. The summed E-state index contributed by atoms with van der Waals surface area (Å²) in [5.41, 5.74) is 5.90. The molecule has 1 aliphatic heterocycles. The van der Waals surface area contributed by atoms with Crippen LogP contribution in [0.4, 0.5) is 0 Å². The van der Waals surface area contributed by atoms with Crippen molar-refractivity contribution in [1.82, 2.24) is 10.3 Å². The molecule has 132 valence electrons. The van der Waals surface area contributed by atoms with Crippen LogP contribution >= 0.6 is 0 Å². The smallest absolute Gasteiger partial charge is 0.252 e. The molecule has 2 heterocycles. The molecular weight excluding hydrogens is 318 g/mol. The average molecular weight is 341 g/mol. The fraction of sp³-hybridized carbons (Fsp3) is 0.474. The maximum atomic E-state index is 11.8. The van der Waals surface area contributed by atoms with Crippen molar-refractivity contribution in [3.63, 3.8) is 0 Å². The predicted molar refractivity (Wildman–Crippen MR) is 95.0 cm³/mol. The van der Waals surface area contributed by atoms with Gasteiger partial charge >= 0.3 is 0 Å². The van der Waals surface area contributed by atoms with Crippen molar-refractivity contribution in [1.29, 1.82) is 0 Å². The Kier molecular flexibility index (Phi) is 4.00. The van der Waals surface area contributed by atoms with Gasteiger partial charge < -0.3 is 20.5 Å². The zero-order valence-electron chi connectivity index (χ0n) is 14.5. The van der Waals surface area contributed by atoms with Gasteiger partial charge in [0.2, 0.25) is 5.88 Å². The van der Waals surface area contributed by atoms with Crippen LogP contribution in [0.5, 0.6) is 11.6 Å². The van der Waals surface area contributed by atoms with E-state index in [9.17, 15) is 4.79 Å². The Balaban J connectivity index is 1.73. The van der Waals surface area contributed by atoms with E-state index in [1.807, 2.05) is 26.0 Å². The van der Waals surface area contributed by atoms with Crippen LogP contribution in [0, 0.1) is 5.92 Å². The zero-order chi connectivity index (χ0) is 17.6. The van der Waals surface area contributed by atoms with E-state index in [-0.39, 0.29) is 12.2 Å². The van der Waals surface area contributed by atoms with Crippen molar-refractivity contribution in [2.75, 3.05) is 6.54 Å². The van der Waals surface area contributed by atoms with Gasteiger partial charge in [-0.15, -0.1) is 0 Å². The Bertz CT molecular complexity index is 821. The van der Waals surface area contributed by atoms with Crippen LogP contribution in [0.25, 0.3) is 10.8 Å². The lowest BCUT2D eigenvalue weighted by Crippen LogP contribution is -2.35. The monoisotopic (exact) mass is 341 g/mol. The number of hydrogen-bond donors (Lipinski definition) is 2. The Morgan fingerprint density at radius 1 is 1.36 bits per heavy atom. The average Bonchev–Trinajstić information content (AvgIpc) is 3.17. The van der Waals surface area contributed by atoms with Crippen LogP contribution in [0.2, 0.25) is 0 Å². The number of nitrogens with two attached hydrogens (primary N) is 1. The van der Waals surface area contributed by atoms with E-state index < -0.39 is 5.91 Å². The Morgan fingerprint density at radius 2 is 2.20 bits per heavy atom. The fourth-order valence-electron chi connectivity index (χ4n) is 3.89. The zero-order valence-corrected chi connectivity index (χ0v) is 14.5. The molecule has 3 N–H and O–H groups in total. The van der Waals surface area contributed by atoms with E-state index in [1.165, 1.54) is 6.42 Å². The molecule has 25 heavy (non-hydrogen) atoms. The molecule has 1 saturated carbocycles. The van der Waals surface area contributed by atoms with Gasteiger partial charge in [0.1, 0.15) is 11.9 Å². The summed E-state index contributed by atoms with van der Waals surface area (Å²) < 4.78 is 12.1. The molecule has 1 aliphatic carbocycles. The maximum Gasteiger partial charge on any atom is 0.252 e. The lowest BCUT2D eigenvalue weighted by Gasteiger charge is -2.24. The summed E-state index contributed by atoms with van der Waals surface area (Å²) in [4.78, 5) is 16.2. The maximum absolute atomic E-state index is 11.8. The Hall–Kier alpha value is -2.34. The van der Waals surface area contributed by atoms with Crippen molar-refractivity contribution in [3.8, 4) is 11.6 Å². The number of amides is 1. The van der Waals surface area contributed by atoms with Crippen molar-refractivity contribution < 1.29 is 14.3 Å². The van der Waals surface area contributed by atoms with Gasteiger partial charge in [-0.1, -0.05) is 0 Å². The highest BCUT2D eigenvalue weighted by molar-refractivity contribution is 6.01. The van der Waals surface area contributed by atoms with Gasteiger partial charge in [0.15, 0.2) is 0 Å². The number of pyridine rings is 1. The van der Waals surface area contributed by atoms with Crippen LogP contribution in [0.3, 0.4) is 0 Å². The number of carbonyl (C=O) groups is 1. The van der Waals surface area contributed by atoms with Gasteiger partial charge in [-0.2, -0.15) is 0 Å². The van der Waals surface area contributed by atoms with Gasteiger partial charge in [0.05, 0.1) is 11.7 Å². The van der Waals surface area contributed by atoms with Gasteiger partial charge in [-0.05, 0) is 50.3 Å². The molecule has 6 nitrogen and oxygen atoms in total. The summed E-state index contributed by atoms with van der Waals surface area (Å²) in [6, 6.07) is 6.00. The second-order valence-electron chi connectivity index (χ2n) is 7.21. The van der Waals surface area contributed by atoms with Gasteiger partial charge in [-0.25, -0.2) is 4.98 Å². The molecule has 3 atom stereocenters. The van der Waals surface area contributed by atoms with Crippen LogP contribution < -0.4 is 20.5 Å². The van der Waals surface area contributed by atoms with Crippen LogP contribution in [0.15, 0.2) is 24.4 Å². The van der Waals surface area contributed by atoms with Gasteiger partial charge in [-0.3, -0.25) is 4.79 Å². The molecule has 1 amide bonds. The molecule has 6 heteroatoms. The lowest BCUT2D eigenvalue weighted by molar-refractivity contribution is 0.0994. The van der Waals surface area contributed by atoms with Crippen molar-refractivity contribution >= 4 is 16.7 Å². The number of hydrogen-bond acceptors (Lipinski definition) is 5. The van der Waals surface area contributed by atoms with Crippen molar-refractivity contribution in [2.45, 2.75) is 44.9 Å².